The normalized spacial score (nSPS) is 14.0. The minimum absolute atomic E-state index is 0.122. The van der Waals surface area contributed by atoms with Crippen LogP contribution in [0.4, 0.5) is 0 Å². The highest BCUT2D eigenvalue weighted by molar-refractivity contribution is 6.08. The van der Waals surface area contributed by atoms with Crippen LogP contribution in [0.25, 0.3) is 21.8 Å². The van der Waals surface area contributed by atoms with Crippen LogP contribution in [-0.4, -0.2) is 28.3 Å². The van der Waals surface area contributed by atoms with Crippen LogP contribution in [-0.2, 0) is 14.1 Å². The van der Waals surface area contributed by atoms with Gasteiger partial charge in [0.05, 0.1) is 22.5 Å². The monoisotopic (exact) mass is 417 g/mol. The van der Waals surface area contributed by atoms with Gasteiger partial charge >= 0.3 is 0 Å². The van der Waals surface area contributed by atoms with Gasteiger partial charge in [0.25, 0.3) is 11.5 Å². The topological polar surface area (TPSA) is 74.5 Å². The fourth-order valence-electron chi connectivity index (χ4n) is 4.25. The van der Waals surface area contributed by atoms with E-state index in [0.717, 1.165) is 22.0 Å². The number of amides is 1. The van der Waals surface area contributed by atoms with Crippen molar-refractivity contribution >= 4 is 27.7 Å². The van der Waals surface area contributed by atoms with E-state index >= 15 is 0 Å². The van der Waals surface area contributed by atoms with Crippen LogP contribution in [0.1, 0.15) is 29.0 Å². The van der Waals surface area contributed by atoms with Crippen molar-refractivity contribution in [2.45, 2.75) is 13.0 Å². The lowest BCUT2D eigenvalue weighted by molar-refractivity contribution is 0.0932. The number of nitrogens with zero attached hydrogens (tertiary/aromatic N) is 2. The van der Waals surface area contributed by atoms with Gasteiger partial charge in [-0.15, -0.1) is 0 Å². The van der Waals surface area contributed by atoms with Gasteiger partial charge in [-0.3, -0.25) is 9.59 Å². The number of nitrogens with one attached hydrogen (secondary N) is 1. The second-order valence-corrected chi connectivity index (χ2v) is 7.83. The summed E-state index contributed by atoms with van der Waals surface area (Å²) in [7, 11) is 3.57. The lowest BCUT2D eigenvalue weighted by Crippen LogP contribution is -2.28. The van der Waals surface area contributed by atoms with Gasteiger partial charge in [0.1, 0.15) is 18.9 Å². The zero-order valence-electron chi connectivity index (χ0n) is 17.6. The SMILES string of the molecule is C[C@@H](NC(=O)c1cc2c(=O)n(C)c3ccccc3c2n1C)c1ccc2c(c1)OCCO2. The fraction of sp³-hybridized carbons (Fsp3) is 0.250. The summed E-state index contributed by atoms with van der Waals surface area (Å²) in [5, 5.41) is 4.50. The molecule has 1 N–H and O–H groups in total. The van der Waals surface area contributed by atoms with Crippen molar-refractivity contribution in [1.29, 1.82) is 0 Å². The van der Waals surface area contributed by atoms with E-state index in [4.69, 9.17) is 9.47 Å². The molecule has 158 valence electrons. The lowest BCUT2D eigenvalue weighted by Gasteiger charge is -2.21. The van der Waals surface area contributed by atoms with E-state index < -0.39 is 0 Å². The maximum Gasteiger partial charge on any atom is 0.268 e. The first kappa shape index (κ1) is 19.2. The molecule has 0 aliphatic carbocycles. The Labute approximate surface area is 178 Å². The average Bonchev–Trinajstić information content (AvgIpc) is 3.14. The Morgan fingerprint density at radius 2 is 1.71 bits per heavy atom. The maximum absolute atomic E-state index is 13.1. The second-order valence-electron chi connectivity index (χ2n) is 7.83. The van der Waals surface area contributed by atoms with E-state index in [-0.39, 0.29) is 17.5 Å². The first-order valence-electron chi connectivity index (χ1n) is 10.2. The minimum atomic E-state index is -0.249. The molecule has 0 radical (unpaired) electrons. The molecule has 0 unspecified atom stereocenters. The Balaban J connectivity index is 1.52. The molecule has 0 spiro atoms. The van der Waals surface area contributed by atoms with E-state index in [1.54, 1.807) is 22.2 Å². The summed E-state index contributed by atoms with van der Waals surface area (Å²) in [5.74, 6) is 1.15. The molecule has 0 fully saturated rings. The highest BCUT2D eigenvalue weighted by atomic mass is 16.6. The zero-order valence-corrected chi connectivity index (χ0v) is 17.6. The van der Waals surface area contributed by atoms with E-state index in [0.29, 0.717) is 35.8 Å². The van der Waals surface area contributed by atoms with Crippen molar-refractivity contribution in [2.24, 2.45) is 14.1 Å². The van der Waals surface area contributed by atoms with Crippen molar-refractivity contribution < 1.29 is 14.3 Å². The summed E-state index contributed by atoms with van der Waals surface area (Å²) < 4.78 is 14.6. The molecule has 5 rings (SSSR count). The van der Waals surface area contributed by atoms with Gasteiger partial charge < -0.3 is 23.9 Å². The molecule has 0 saturated carbocycles. The Kier molecular flexibility index (Phi) is 4.46. The van der Waals surface area contributed by atoms with Gasteiger partial charge in [0.2, 0.25) is 0 Å². The molecule has 3 heterocycles. The smallest absolute Gasteiger partial charge is 0.268 e. The number of fused-ring (bicyclic) bond motifs is 4. The van der Waals surface area contributed by atoms with Crippen LogP contribution in [0.3, 0.4) is 0 Å². The van der Waals surface area contributed by atoms with Crippen molar-refractivity contribution in [3.8, 4) is 11.5 Å². The van der Waals surface area contributed by atoms with Crippen molar-refractivity contribution in [3.63, 3.8) is 0 Å². The summed E-state index contributed by atoms with van der Waals surface area (Å²) in [4.78, 5) is 26.0. The van der Waals surface area contributed by atoms with Crippen molar-refractivity contribution in [2.75, 3.05) is 13.2 Å². The molecule has 7 heteroatoms. The predicted octanol–water partition coefficient (Wildman–Crippen LogP) is 3.29. The van der Waals surface area contributed by atoms with Gasteiger partial charge in [-0.05, 0) is 36.8 Å². The molecule has 7 nitrogen and oxygen atoms in total. The number of rotatable bonds is 3. The van der Waals surface area contributed by atoms with Crippen molar-refractivity contribution in [3.05, 3.63) is 70.1 Å². The number of hydrogen-bond acceptors (Lipinski definition) is 4. The van der Waals surface area contributed by atoms with Gasteiger partial charge in [-0.25, -0.2) is 0 Å². The molecule has 1 aliphatic rings. The van der Waals surface area contributed by atoms with Crippen LogP contribution >= 0.6 is 0 Å². The third kappa shape index (κ3) is 3.04. The Bertz CT molecular complexity index is 1400. The van der Waals surface area contributed by atoms with Crippen LogP contribution < -0.4 is 20.3 Å². The number of carbonyl (C=O) groups excluding carboxylic acids is 1. The Morgan fingerprint density at radius 1 is 0.968 bits per heavy atom. The molecule has 0 bridgehead atoms. The molecule has 0 saturated heterocycles. The highest BCUT2D eigenvalue weighted by Crippen LogP contribution is 2.33. The van der Waals surface area contributed by atoms with Crippen LogP contribution in [0.5, 0.6) is 11.5 Å². The van der Waals surface area contributed by atoms with Gasteiger partial charge in [0, 0.05) is 19.5 Å². The molecular formula is C24H23N3O4. The minimum Gasteiger partial charge on any atom is -0.486 e. The Morgan fingerprint density at radius 3 is 2.52 bits per heavy atom. The van der Waals surface area contributed by atoms with Crippen LogP contribution in [0.15, 0.2) is 53.3 Å². The van der Waals surface area contributed by atoms with Crippen LogP contribution in [0, 0.1) is 0 Å². The maximum atomic E-state index is 13.1. The summed E-state index contributed by atoms with van der Waals surface area (Å²) >= 11 is 0. The van der Waals surface area contributed by atoms with E-state index in [1.165, 1.54) is 0 Å². The van der Waals surface area contributed by atoms with E-state index in [2.05, 4.69) is 5.32 Å². The number of carbonyl (C=O) groups is 1. The molecule has 31 heavy (non-hydrogen) atoms. The highest BCUT2D eigenvalue weighted by Gasteiger charge is 2.21. The molecule has 2 aromatic heterocycles. The molecule has 1 amide bonds. The number of ether oxygens (including phenoxy) is 2. The summed E-state index contributed by atoms with van der Waals surface area (Å²) in [6.07, 6.45) is 0. The summed E-state index contributed by atoms with van der Waals surface area (Å²) in [6.45, 7) is 2.96. The number of aromatic nitrogens is 2. The zero-order chi connectivity index (χ0) is 21.7. The number of pyridine rings is 1. The molecule has 1 aliphatic heterocycles. The van der Waals surface area contributed by atoms with Gasteiger partial charge in [0.15, 0.2) is 11.5 Å². The van der Waals surface area contributed by atoms with Gasteiger partial charge in [-0.1, -0.05) is 24.3 Å². The Hall–Kier alpha value is -3.74. The van der Waals surface area contributed by atoms with E-state index in [9.17, 15) is 9.59 Å². The lowest BCUT2D eigenvalue weighted by atomic mass is 10.1. The second kappa shape index (κ2) is 7.19. The van der Waals surface area contributed by atoms with E-state index in [1.807, 2.05) is 56.4 Å². The summed E-state index contributed by atoms with van der Waals surface area (Å²) in [5.41, 5.74) is 2.82. The molecular weight excluding hydrogens is 394 g/mol. The number of hydrogen-bond donors (Lipinski definition) is 1. The number of aryl methyl sites for hydroxylation is 2. The average molecular weight is 417 g/mol. The first-order chi connectivity index (χ1) is 15.0. The molecule has 4 aromatic rings. The third-order valence-electron chi connectivity index (χ3n) is 5.93. The van der Waals surface area contributed by atoms with Crippen molar-refractivity contribution in [1.82, 2.24) is 14.5 Å². The number of para-hydroxylation sites is 1. The quantitative estimate of drug-likeness (QED) is 0.555. The van der Waals surface area contributed by atoms with Gasteiger partial charge in [-0.2, -0.15) is 0 Å². The molecule has 1 atom stereocenters. The largest absolute Gasteiger partial charge is 0.486 e. The predicted molar refractivity (Wildman–Crippen MR) is 119 cm³/mol. The first-order valence-corrected chi connectivity index (χ1v) is 10.2. The number of benzene rings is 2. The molecule has 2 aromatic carbocycles. The standard InChI is InChI=1S/C24H23N3O4/c1-14(15-8-9-20-21(12-15)31-11-10-30-20)25-23(28)19-13-17-22(26(19)2)16-6-4-5-7-18(16)27(3)24(17)29/h4-9,12-14H,10-11H2,1-3H3,(H,25,28)/t14-/m1/s1. The third-order valence-corrected chi connectivity index (χ3v) is 5.93. The summed E-state index contributed by atoms with van der Waals surface area (Å²) in [6, 6.07) is 14.8. The van der Waals surface area contributed by atoms with Crippen LogP contribution in [0.2, 0.25) is 0 Å². The fourth-order valence-corrected chi connectivity index (χ4v) is 4.25.